The fourth-order valence-electron chi connectivity index (χ4n) is 3.88. The molecule has 0 radical (unpaired) electrons. The molecule has 28 heavy (non-hydrogen) atoms. The van der Waals surface area contributed by atoms with Crippen LogP contribution < -0.4 is 10.2 Å². The molecule has 0 unspecified atom stereocenters. The van der Waals surface area contributed by atoms with Crippen molar-refractivity contribution in [3.63, 3.8) is 0 Å². The van der Waals surface area contributed by atoms with Crippen molar-refractivity contribution in [1.29, 1.82) is 5.26 Å². The first kappa shape index (κ1) is 19.0. The van der Waals surface area contributed by atoms with Crippen LogP contribution in [0.3, 0.4) is 0 Å². The Labute approximate surface area is 160 Å². The van der Waals surface area contributed by atoms with E-state index in [9.17, 15) is 23.5 Å². The second-order valence-corrected chi connectivity index (χ2v) is 7.76. The summed E-state index contributed by atoms with van der Waals surface area (Å²) < 4.78 is 41.7. The minimum absolute atomic E-state index is 0.00419. The van der Waals surface area contributed by atoms with Crippen molar-refractivity contribution in [1.82, 2.24) is 10.3 Å². The first-order chi connectivity index (χ1) is 13.5. The second kappa shape index (κ2) is 7.22. The molecule has 8 heteroatoms. The largest absolute Gasteiger partial charge is 0.394 e. The number of piperidine rings is 1. The fraction of sp³-hybridized carbons (Fsp3) is 0.500. The molecule has 5 nitrogen and oxygen atoms in total. The minimum Gasteiger partial charge on any atom is -0.394 e. The van der Waals surface area contributed by atoms with Gasteiger partial charge in [-0.15, -0.1) is 0 Å². The van der Waals surface area contributed by atoms with E-state index in [0.717, 1.165) is 12.6 Å². The van der Waals surface area contributed by atoms with Crippen LogP contribution in [0.2, 0.25) is 0 Å². The van der Waals surface area contributed by atoms with Gasteiger partial charge in [-0.3, -0.25) is 4.98 Å². The normalized spacial score (nSPS) is 19.0. The first-order valence-electron chi connectivity index (χ1n) is 9.45. The van der Waals surface area contributed by atoms with E-state index in [4.69, 9.17) is 0 Å². The second-order valence-electron chi connectivity index (χ2n) is 7.76. The number of hydrogen-bond donors (Lipinski definition) is 2. The highest BCUT2D eigenvalue weighted by Gasteiger charge is 2.36. The molecule has 4 rings (SSSR count). The molecule has 148 valence electrons. The number of hydrogen-bond acceptors (Lipinski definition) is 5. The predicted molar refractivity (Wildman–Crippen MR) is 98.3 cm³/mol. The van der Waals surface area contributed by atoms with E-state index in [1.165, 1.54) is 19.0 Å². The first-order valence-corrected chi connectivity index (χ1v) is 9.45. The van der Waals surface area contributed by atoms with E-state index in [1.807, 2.05) is 11.0 Å². The number of nitrogens with zero attached hydrogens (tertiary/aromatic N) is 3. The van der Waals surface area contributed by atoms with Crippen LogP contribution in [0, 0.1) is 34.7 Å². The topological polar surface area (TPSA) is 72.2 Å². The predicted octanol–water partition coefficient (Wildman–Crippen LogP) is 2.85. The number of benzene rings is 1. The van der Waals surface area contributed by atoms with Crippen LogP contribution >= 0.6 is 0 Å². The van der Waals surface area contributed by atoms with Crippen molar-refractivity contribution in [2.45, 2.75) is 31.2 Å². The maximum absolute atomic E-state index is 14.2. The van der Waals surface area contributed by atoms with Gasteiger partial charge in [-0.2, -0.15) is 5.26 Å². The summed E-state index contributed by atoms with van der Waals surface area (Å²) in [6.07, 6.45) is 4.86. The smallest absolute Gasteiger partial charge is 0.196 e. The summed E-state index contributed by atoms with van der Waals surface area (Å²) >= 11 is 0. The lowest BCUT2D eigenvalue weighted by Crippen LogP contribution is -2.56. The Balaban J connectivity index is 1.66. The number of halogens is 3. The third kappa shape index (κ3) is 3.29. The Morgan fingerprint density at radius 2 is 1.96 bits per heavy atom. The zero-order valence-electron chi connectivity index (χ0n) is 15.3. The molecule has 2 aliphatic rings. The van der Waals surface area contributed by atoms with Gasteiger partial charge in [0.2, 0.25) is 0 Å². The van der Waals surface area contributed by atoms with Gasteiger partial charge in [0, 0.05) is 30.2 Å². The van der Waals surface area contributed by atoms with Crippen molar-refractivity contribution in [3.05, 3.63) is 35.3 Å². The summed E-state index contributed by atoms with van der Waals surface area (Å²) in [5, 5.41) is 23.0. The summed E-state index contributed by atoms with van der Waals surface area (Å²) in [6, 6.07) is 2.91. The number of nitrogens with one attached hydrogen (secondary N) is 1. The van der Waals surface area contributed by atoms with Gasteiger partial charge >= 0.3 is 0 Å². The highest BCUT2D eigenvalue weighted by molar-refractivity contribution is 5.95. The summed E-state index contributed by atoms with van der Waals surface area (Å²) in [4.78, 5) is 5.69. The van der Waals surface area contributed by atoms with Crippen LogP contribution in [-0.2, 0) is 0 Å². The molecule has 2 N–H and O–H groups in total. The Kier molecular flexibility index (Phi) is 4.89. The van der Waals surface area contributed by atoms with Crippen LogP contribution in [0.5, 0.6) is 0 Å². The van der Waals surface area contributed by atoms with Crippen LogP contribution in [0.25, 0.3) is 10.9 Å². The SMILES string of the molecule is N#Cc1cnc2c(F)c(F)c(F)cc2c1N1CCC(CO)(NCC2CC2)CC1. The lowest BCUT2D eigenvalue weighted by atomic mass is 9.87. The van der Waals surface area contributed by atoms with Crippen LogP contribution in [0.4, 0.5) is 18.9 Å². The van der Waals surface area contributed by atoms with Gasteiger partial charge in [-0.25, -0.2) is 13.2 Å². The van der Waals surface area contributed by atoms with Crippen molar-refractivity contribution in [2.75, 3.05) is 31.1 Å². The van der Waals surface area contributed by atoms with Gasteiger partial charge in [0.15, 0.2) is 17.5 Å². The van der Waals surface area contributed by atoms with Crippen molar-refractivity contribution in [2.24, 2.45) is 5.92 Å². The van der Waals surface area contributed by atoms with Gasteiger partial charge in [0.25, 0.3) is 0 Å². The van der Waals surface area contributed by atoms with E-state index in [0.29, 0.717) is 37.5 Å². The van der Waals surface area contributed by atoms with E-state index >= 15 is 0 Å². The average Bonchev–Trinajstić information content (AvgIpc) is 3.55. The van der Waals surface area contributed by atoms with E-state index in [2.05, 4.69) is 10.3 Å². The standard InChI is InChI=1S/C20H21F3N4O/c21-15-7-14-18(17(23)16(15)22)25-10-13(8-24)19(14)27-5-3-20(11-28,4-6-27)26-9-12-1-2-12/h7,10,12,26,28H,1-6,9,11H2. The van der Waals surface area contributed by atoms with Gasteiger partial charge in [-0.05, 0) is 44.2 Å². The maximum Gasteiger partial charge on any atom is 0.196 e. The van der Waals surface area contributed by atoms with Crippen molar-refractivity contribution < 1.29 is 18.3 Å². The molecule has 1 aliphatic carbocycles. The van der Waals surface area contributed by atoms with E-state index in [1.54, 1.807) is 0 Å². The quantitative estimate of drug-likeness (QED) is 0.769. The summed E-state index contributed by atoms with van der Waals surface area (Å²) in [7, 11) is 0. The summed E-state index contributed by atoms with van der Waals surface area (Å²) in [5.41, 5.74) is -0.143. The van der Waals surface area contributed by atoms with E-state index < -0.39 is 23.0 Å². The molecule has 1 aromatic carbocycles. The van der Waals surface area contributed by atoms with Crippen LogP contribution in [0.1, 0.15) is 31.2 Å². The van der Waals surface area contributed by atoms with Crippen molar-refractivity contribution in [3.8, 4) is 6.07 Å². The third-order valence-electron chi connectivity index (χ3n) is 5.89. The minimum atomic E-state index is -1.57. The number of fused-ring (bicyclic) bond motifs is 1. The molecule has 0 bridgehead atoms. The molecule has 1 aliphatic heterocycles. The average molecular weight is 390 g/mol. The summed E-state index contributed by atoms with van der Waals surface area (Å²) in [5.74, 6) is -3.56. The summed E-state index contributed by atoms with van der Waals surface area (Å²) in [6.45, 7) is 1.86. The molecule has 0 amide bonds. The van der Waals surface area contributed by atoms with Crippen LogP contribution in [-0.4, -0.2) is 41.9 Å². The highest BCUT2D eigenvalue weighted by atomic mass is 19.2. The molecule has 2 aromatic rings. The molecule has 1 saturated carbocycles. The number of aliphatic hydroxyl groups excluding tert-OH is 1. The molecule has 2 heterocycles. The molecular formula is C20H21F3N4O. The third-order valence-corrected chi connectivity index (χ3v) is 5.89. The number of pyridine rings is 1. The Morgan fingerprint density at radius 3 is 2.57 bits per heavy atom. The lowest BCUT2D eigenvalue weighted by molar-refractivity contribution is 0.133. The number of aromatic nitrogens is 1. The van der Waals surface area contributed by atoms with Crippen LogP contribution in [0.15, 0.2) is 12.3 Å². The number of aliphatic hydroxyl groups is 1. The zero-order valence-corrected chi connectivity index (χ0v) is 15.3. The number of anilines is 1. The molecule has 1 saturated heterocycles. The molecule has 0 atom stereocenters. The molecule has 2 fully saturated rings. The maximum atomic E-state index is 14.2. The van der Waals surface area contributed by atoms with Gasteiger partial charge in [0.05, 0.1) is 17.9 Å². The number of rotatable bonds is 5. The van der Waals surface area contributed by atoms with Gasteiger partial charge in [-0.1, -0.05) is 0 Å². The lowest BCUT2D eigenvalue weighted by Gasteiger charge is -2.43. The molecule has 1 aromatic heterocycles. The fourth-order valence-corrected chi connectivity index (χ4v) is 3.88. The Bertz CT molecular complexity index is 947. The monoisotopic (exact) mass is 390 g/mol. The van der Waals surface area contributed by atoms with E-state index in [-0.39, 0.29) is 23.1 Å². The van der Waals surface area contributed by atoms with Gasteiger partial charge < -0.3 is 15.3 Å². The highest BCUT2D eigenvalue weighted by Crippen LogP contribution is 2.36. The molecular weight excluding hydrogens is 369 g/mol. The number of nitriles is 1. The Hall–Kier alpha value is -2.37. The molecule has 0 spiro atoms. The van der Waals surface area contributed by atoms with Gasteiger partial charge in [0.1, 0.15) is 11.6 Å². The Morgan fingerprint density at radius 1 is 1.25 bits per heavy atom. The van der Waals surface area contributed by atoms with Crippen molar-refractivity contribution >= 4 is 16.6 Å². The zero-order chi connectivity index (χ0) is 19.9.